The Balaban J connectivity index is 1.50. The number of halogens is 2. The molecule has 0 saturated heterocycles. The number of fused-ring (bicyclic) bond motifs is 1. The van der Waals surface area contributed by atoms with Gasteiger partial charge in [0.1, 0.15) is 10.7 Å². The van der Waals surface area contributed by atoms with Crippen LogP contribution in [0.3, 0.4) is 0 Å². The normalized spacial score (nSPS) is 11.8. The lowest BCUT2D eigenvalue weighted by Gasteiger charge is -2.09. The Hall–Kier alpha value is -3.88. The minimum atomic E-state index is -1.08. The van der Waals surface area contributed by atoms with Gasteiger partial charge in [-0.25, -0.2) is 14.2 Å². The summed E-state index contributed by atoms with van der Waals surface area (Å²) in [4.78, 5) is 16.7. The Morgan fingerprint density at radius 2 is 1.83 bits per heavy atom. The third-order valence-electron chi connectivity index (χ3n) is 5.80. The van der Waals surface area contributed by atoms with Gasteiger partial charge in [-0.15, -0.1) is 5.10 Å². The van der Waals surface area contributed by atoms with E-state index in [9.17, 15) is 14.3 Å². The van der Waals surface area contributed by atoms with Gasteiger partial charge in [0.15, 0.2) is 5.82 Å². The Labute approximate surface area is 215 Å². The molecule has 0 atom stereocenters. The van der Waals surface area contributed by atoms with Crippen LogP contribution in [-0.4, -0.2) is 30.8 Å². The quantitative estimate of drug-likeness (QED) is 0.183. The van der Waals surface area contributed by atoms with Gasteiger partial charge in [0, 0.05) is 39.3 Å². The Morgan fingerprint density at radius 3 is 2.56 bits per heavy atom. The lowest BCUT2D eigenvalue weighted by molar-refractivity contribution is -0.131. The first-order valence-corrected chi connectivity index (χ1v) is 12.2. The molecule has 0 fully saturated rings. The molecule has 2 aromatic heterocycles. The molecule has 0 unspecified atom stereocenters. The number of nitrogens with one attached hydrogen (secondary N) is 1. The maximum absolute atomic E-state index is 13.4. The molecular weight excluding hydrogens is 499 g/mol. The van der Waals surface area contributed by atoms with Gasteiger partial charge in [0.25, 0.3) is 0 Å². The van der Waals surface area contributed by atoms with E-state index in [1.165, 1.54) is 12.1 Å². The molecule has 0 aliphatic carbocycles. The minimum Gasteiger partial charge on any atom is -0.477 e. The second-order valence-electron chi connectivity index (χ2n) is 8.12. The molecule has 36 heavy (non-hydrogen) atoms. The molecule has 0 bridgehead atoms. The van der Waals surface area contributed by atoms with Gasteiger partial charge in [-0.3, -0.25) is 5.10 Å². The molecule has 2 heterocycles. The topological polar surface area (TPSA) is 83.8 Å². The highest BCUT2D eigenvalue weighted by Gasteiger charge is 2.18. The van der Waals surface area contributed by atoms with Crippen LogP contribution in [0.2, 0.25) is 5.02 Å². The standard InChI is InChI=1S/C27H20ClFN4O2S/c1-16-22(21-4-2-3-5-23(21)33(16)15-17-6-12-20(29)13-7-17)14-24(26(34)35)36-27-30-25(31-32-27)18-8-10-19(28)11-9-18/h2-14H,15H2,1H3,(H,34,35)(H,30,31,32)/b24-14-. The number of hydrogen-bond donors (Lipinski definition) is 2. The van der Waals surface area contributed by atoms with Crippen LogP contribution in [0.1, 0.15) is 16.8 Å². The molecule has 0 radical (unpaired) electrons. The van der Waals surface area contributed by atoms with Crippen molar-refractivity contribution in [1.82, 2.24) is 19.7 Å². The number of carboxylic acids is 1. The summed E-state index contributed by atoms with van der Waals surface area (Å²) in [7, 11) is 0. The number of thioether (sulfide) groups is 1. The third kappa shape index (κ3) is 4.91. The predicted octanol–water partition coefficient (Wildman–Crippen LogP) is 6.79. The van der Waals surface area contributed by atoms with Crippen LogP contribution in [0.4, 0.5) is 4.39 Å². The number of aromatic amines is 1. The molecule has 2 N–H and O–H groups in total. The number of aliphatic carboxylic acids is 1. The summed E-state index contributed by atoms with van der Waals surface area (Å²) in [5, 5.41) is 18.8. The lowest BCUT2D eigenvalue weighted by atomic mass is 10.1. The van der Waals surface area contributed by atoms with E-state index in [0.29, 0.717) is 22.5 Å². The summed E-state index contributed by atoms with van der Waals surface area (Å²) in [6, 6.07) is 21.3. The van der Waals surface area contributed by atoms with Crippen molar-refractivity contribution in [3.63, 3.8) is 0 Å². The van der Waals surface area contributed by atoms with Gasteiger partial charge in [-0.05, 0) is 72.8 Å². The number of carboxylic acid groups (broad SMARTS) is 1. The van der Waals surface area contributed by atoms with E-state index in [1.807, 2.05) is 43.3 Å². The molecule has 0 aliphatic heterocycles. The fourth-order valence-electron chi connectivity index (χ4n) is 4.01. The largest absolute Gasteiger partial charge is 0.477 e. The summed E-state index contributed by atoms with van der Waals surface area (Å²) in [5.74, 6) is -0.843. The number of aromatic nitrogens is 4. The van der Waals surface area contributed by atoms with Crippen LogP contribution < -0.4 is 0 Å². The monoisotopic (exact) mass is 518 g/mol. The van der Waals surface area contributed by atoms with Crippen molar-refractivity contribution >= 4 is 46.3 Å². The van der Waals surface area contributed by atoms with E-state index in [4.69, 9.17) is 11.6 Å². The van der Waals surface area contributed by atoms with Crippen LogP contribution in [0.5, 0.6) is 0 Å². The number of carbonyl (C=O) groups is 1. The van der Waals surface area contributed by atoms with Crippen molar-refractivity contribution in [3.05, 3.63) is 105 Å². The summed E-state index contributed by atoms with van der Waals surface area (Å²) in [5.41, 5.74) is 4.39. The van der Waals surface area contributed by atoms with Crippen molar-refractivity contribution in [2.75, 3.05) is 0 Å². The molecule has 5 rings (SSSR count). The molecule has 0 amide bonds. The number of rotatable bonds is 7. The van der Waals surface area contributed by atoms with Crippen molar-refractivity contribution in [3.8, 4) is 11.4 Å². The minimum absolute atomic E-state index is 0.0874. The number of hydrogen-bond acceptors (Lipinski definition) is 4. The molecule has 180 valence electrons. The highest BCUT2D eigenvalue weighted by molar-refractivity contribution is 8.04. The second kappa shape index (κ2) is 10.0. The van der Waals surface area contributed by atoms with Crippen molar-refractivity contribution < 1.29 is 14.3 Å². The molecule has 0 spiro atoms. The third-order valence-corrected chi connectivity index (χ3v) is 6.93. The molecule has 6 nitrogen and oxygen atoms in total. The van der Waals surface area contributed by atoms with Crippen LogP contribution in [0.15, 0.2) is 82.9 Å². The van der Waals surface area contributed by atoms with Gasteiger partial charge in [-0.1, -0.05) is 41.9 Å². The van der Waals surface area contributed by atoms with Gasteiger partial charge < -0.3 is 9.67 Å². The number of benzene rings is 3. The molecule has 9 heteroatoms. The van der Waals surface area contributed by atoms with E-state index in [1.54, 1.807) is 30.3 Å². The van der Waals surface area contributed by atoms with Crippen LogP contribution in [-0.2, 0) is 11.3 Å². The maximum atomic E-state index is 13.4. The van der Waals surface area contributed by atoms with Gasteiger partial charge in [-0.2, -0.15) is 0 Å². The van der Waals surface area contributed by atoms with Crippen molar-refractivity contribution in [1.29, 1.82) is 0 Å². The van der Waals surface area contributed by atoms with Crippen molar-refractivity contribution in [2.24, 2.45) is 0 Å². The highest BCUT2D eigenvalue weighted by Crippen LogP contribution is 2.33. The fourth-order valence-corrected chi connectivity index (χ4v) is 4.82. The fraction of sp³-hybridized carbons (Fsp3) is 0.0741. The highest BCUT2D eigenvalue weighted by atomic mass is 35.5. The van der Waals surface area contributed by atoms with Crippen LogP contribution in [0.25, 0.3) is 28.4 Å². The Bertz CT molecular complexity index is 1590. The van der Waals surface area contributed by atoms with E-state index < -0.39 is 5.97 Å². The van der Waals surface area contributed by atoms with Crippen LogP contribution in [0, 0.1) is 12.7 Å². The average Bonchev–Trinajstić information content (AvgIpc) is 3.44. The zero-order chi connectivity index (χ0) is 25.2. The summed E-state index contributed by atoms with van der Waals surface area (Å²) in [6.45, 7) is 2.48. The number of para-hydroxylation sites is 1. The van der Waals surface area contributed by atoms with E-state index in [2.05, 4.69) is 19.7 Å². The summed E-state index contributed by atoms with van der Waals surface area (Å²) in [6.07, 6.45) is 1.66. The Morgan fingerprint density at radius 1 is 1.11 bits per heavy atom. The van der Waals surface area contributed by atoms with Gasteiger partial charge >= 0.3 is 5.97 Å². The summed E-state index contributed by atoms with van der Waals surface area (Å²) < 4.78 is 15.5. The van der Waals surface area contributed by atoms with Crippen molar-refractivity contribution in [2.45, 2.75) is 18.6 Å². The number of nitrogens with zero attached hydrogens (tertiary/aromatic N) is 3. The first-order valence-electron chi connectivity index (χ1n) is 11.0. The number of H-pyrrole nitrogens is 1. The zero-order valence-electron chi connectivity index (χ0n) is 19.1. The first kappa shape index (κ1) is 23.8. The second-order valence-corrected chi connectivity index (χ2v) is 9.56. The first-order chi connectivity index (χ1) is 17.4. The predicted molar refractivity (Wildman–Crippen MR) is 140 cm³/mol. The molecule has 5 aromatic rings. The smallest absolute Gasteiger partial charge is 0.342 e. The SMILES string of the molecule is Cc1c(/C=C(\Sc2n[nH]c(-c3ccc(Cl)cc3)n2)C(=O)O)c2ccccc2n1Cc1ccc(F)cc1. The molecule has 0 saturated carbocycles. The average molecular weight is 519 g/mol. The van der Waals surface area contributed by atoms with Crippen LogP contribution >= 0.6 is 23.4 Å². The van der Waals surface area contributed by atoms with E-state index in [-0.39, 0.29) is 10.7 Å². The lowest BCUT2D eigenvalue weighted by Crippen LogP contribution is -2.02. The van der Waals surface area contributed by atoms with Gasteiger partial charge in [0.05, 0.1) is 0 Å². The van der Waals surface area contributed by atoms with E-state index >= 15 is 0 Å². The summed E-state index contributed by atoms with van der Waals surface area (Å²) >= 11 is 6.93. The zero-order valence-corrected chi connectivity index (χ0v) is 20.6. The molecule has 3 aromatic carbocycles. The molecular formula is C27H20ClFN4O2S. The maximum Gasteiger partial charge on any atom is 0.342 e. The molecule has 0 aliphatic rings. The van der Waals surface area contributed by atoms with Gasteiger partial charge in [0.2, 0.25) is 5.16 Å². The van der Waals surface area contributed by atoms with E-state index in [0.717, 1.165) is 45.0 Å². The Kier molecular flexibility index (Phi) is 6.63.